The van der Waals surface area contributed by atoms with Gasteiger partial charge >= 0.3 is 0 Å². The molecule has 2 nitrogen and oxygen atoms in total. The Bertz CT molecular complexity index is 2870. The van der Waals surface area contributed by atoms with Crippen LogP contribution < -0.4 is 4.90 Å². The molecule has 0 aliphatic carbocycles. The molecule has 0 saturated carbocycles. The summed E-state index contributed by atoms with van der Waals surface area (Å²) in [4.78, 5) is 2.42. The van der Waals surface area contributed by atoms with Crippen molar-refractivity contribution in [1.29, 1.82) is 0 Å². The topological polar surface area (TPSA) is 8.17 Å². The minimum absolute atomic E-state index is 1.09. The van der Waals surface area contributed by atoms with Crippen molar-refractivity contribution in [2.45, 2.75) is 0 Å². The molecule has 264 valence electrons. The average Bonchev–Trinajstić information content (AvgIpc) is 3.62. The summed E-state index contributed by atoms with van der Waals surface area (Å²) < 4.78 is 2.38. The molecule has 0 amide bonds. The van der Waals surface area contributed by atoms with Crippen molar-refractivity contribution in [3.8, 4) is 50.2 Å². The zero-order valence-corrected chi connectivity index (χ0v) is 30.8. The van der Waals surface area contributed by atoms with Crippen LogP contribution in [0.2, 0.25) is 0 Å². The van der Waals surface area contributed by atoms with Gasteiger partial charge in [0.25, 0.3) is 0 Å². The van der Waals surface area contributed by atoms with E-state index >= 15 is 0 Å². The van der Waals surface area contributed by atoms with Gasteiger partial charge in [-0.3, -0.25) is 0 Å². The van der Waals surface area contributed by atoms with Crippen LogP contribution in [-0.2, 0) is 0 Å². The summed E-state index contributed by atoms with van der Waals surface area (Å²) in [6, 6.07) is 83.0. The fraction of sp³-hybridized carbons (Fsp3) is 0. The summed E-state index contributed by atoms with van der Waals surface area (Å²) in [6.45, 7) is 0. The zero-order valence-electron chi connectivity index (χ0n) is 30.8. The first-order chi connectivity index (χ1) is 27.8. The quantitative estimate of drug-likeness (QED) is 0.152. The molecule has 0 bridgehead atoms. The Morgan fingerprint density at radius 3 is 1.12 bits per heavy atom. The van der Waals surface area contributed by atoms with Crippen LogP contribution in [0, 0.1) is 0 Å². The number of fused-ring (bicyclic) bond motifs is 3. The average molecular weight is 715 g/mol. The van der Waals surface area contributed by atoms with Crippen molar-refractivity contribution in [3.05, 3.63) is 231 Å². The van der Waals surface area contributed by atoms with Crippen molar-refractivity contribution >= 4 is 38.9 Å². The number of hydrogen-bond acceptors (Lipinski definition) is 1. The lowest BCUT2D eigenvalue weighted by molar-refractivity contribution is 1.18. The van der Waals surface area contributed by atoms with E-state index in [1.807, 2.05) is 0 Å². The second-order valence-electron chi connectivity index (χ2n) is 14.1. The fourth-order valence-corrected chi connectivity index (χ4v) is 8.13. The summed E-state index contributed by atoms with van der Waals surface area (Å²) in [5.41, 5.74) is 16.3. The van der Waals surface area contributed by atoms with E-state index in [0.29, 0.717) is 0 Å². The van der Waals surface area contributed by atoms with Crippen molar-refractivity contribution in [1.82, 2.24) is 4.57 Å². The first-order valence-electron chi connectivity index (χ1n) is 19.2. The van der Waals surface area contributed by atoms with Crippen LogP contribution in [0.4, 0.5) is 17.1 Å². The van der Waals surface area contributed by atoms with E-state index in [0.717, 1.165) is 39.4 Å². The molecule has 9 aromatic carbocycles. The Labute approximate surface area is 327 Å². The van der Waals surface area contributed by atoms with Crippen molar-refractivity contribution in [3.63, 3.8) is 0 Å². The normalized spacial score (nSPS) is 11.2. The van der Waals surface area contributed by atoms with Crippen LogP contribution in [0.15, 0.2) is 231 Å². The van der Waals surface area contributed by atoms with Crippen molar-refractivity contribution in [2.75, 3.05) is 4.90 Å². The predicted molar refractivity (Wildman–Crippen MR) is 237 cm³/mol. The lowest BCUT2D eigenvalue weighted by Crippen LogP contribution is -2.12. The SMILES string of the molecule is c1ccc(-c2ccc(-c3ccccc3N(c3ccc(-c4ccccc4)cc3)c3ccccc3-c3ccc(-n4c5ccccc5c5ccccc54)cc3)cc2)cc1. The highest BCUT2D eigenvalue weighted by Gasteiger charge is 2.21. The van der Waals surface area contributed by atoms with Crippen molar-refractivity contribution < 1.29 is 0 Å². The molecule has 0 N–H and O–H groups in total. The molecule has 10 rings (SSSR count). The molecule has 1 aromatic heterocycles. The van der Waals surface area contributed by atoms with E-state index in [-0.39, 0.29) is 0 Å². The Kier molecular flexibility index (Phi) is 8.55. The Hall–Kier alpha value is -7.42. The molecule has 0 fully saturated rings. The van der Waals surface area contributed by atoms with E-state index in [1.165, 1.54) is 49.6 Å². The molecular formula is C54H38N2. The van der Waals surface area contributed by atoms with Crippen molar-refractivity contribution in [2.24, 2.45) is 0 Å². The monoisotopic (exact) mass is 714 g/mol. The smallest absolute Gasteiger partial charge is 0.0541 e. The molecule has 1 heterocycles. The number of hydrogen-bond donors (Lipinski definition) is 0. The number of rotatable bonds is 8. The van der Waals surface area contributed by atoms with Gasteiger partial charge in [-0.2, -0.15) is 0 Å². The van der Waals surface area contributed by atoms with Gasteiger partial charge in [-0.15, -0.1) is 0 Å². The van der Waals surface area contributed by atoms with Gasteiger partial charge in [-0.25, -0.2) is 0 Å². The third kappa shape index (κ3) is 6.04. The maximum Gasteiger partial charge on any atom is 0.0541 e. The maximum absolute atomic E-state index is 2.42. The van der Waals surface area contributed by atoms with Gasteiger partial charge < -0.3 is 9.47 Å². The van der Waals surface area contributed by atoms with Gasteiger partial charge in [-0.05, 0) is 81.9 Å². The predicted octanol–water partition coefficient (Wildman–Crippen LogP) is 14.9. The second kappa shape index (κ2) is 14.4. The lowest BCUT2D eigenvalue weighted by atomic mass is 9.97. The summed E-state index contributed by atoms with van der Waals surface area (Å²) >= 11 is 0. The zero-order chi connectivity index (χ0) is 37.3. The van der Waals surface area contributed by atoms with Crippen LogP contribution in [-0.4, -0.2) is 4.57 Å². The second-order valence-corrected chi connectivity index (χ2v) is 14.1. The first-order valence-corrected chi connectivity index (χ1v) is 19.2. The molecule has 0 aliphatic rings. The van der Waals surface area contributed by atoms with Gasteiger partial charge in [0.05, 0.1) is 22.4 Å². The van der Waals surface area contributed by atoms with Crippen LogP contribution in [0.5, 0.6) is 0 Å². The number of para-hydroxylation sites is 4. The van der Waals surface area contributed by atoms with E-state index in [9.17, 15) is 0 Å². The van der Waals surface area contributed by atoms with Gasteiger partial charge in [0.15, 0.2) is 0 Å². The van der Waals surface area contributed by atoms with Crippen LogP contribution in [0.1, 0.15) is 0 Å². The van der Waals surface area contributed by atoms with E-state index in [1.54, 1.807) is 0 Å². The number of nitrogens with zero attached hydrogens (tertiary/aromatic N) is 2. The molecule has 0 radical (unpaired) electrons. The third-order valence-corrected chi connectivity index (χ3v) is 10.8. The Morgan fingerprint density at radius 2 is 0.625 bits per heavy atom. The molecule has 0 spiro atoms. The van der Waals surface area contributed by atoms with E-state index in [2.05, 4.69) is 240 Å². The summed E-state index contributed by atoms with van der Waals surface area (Å²) in [5, 5.41) is 2.53. The molecule has 0 saturated heterocycles. The minimum atomic E-state index is 1.09. The number of benzene rings is 9. The maximum atomic E-state index is 2.42. The highest BCUT2D eigenvalue weighted by atomic mass is 15.1. The third-order valence-electron chi connectivity index (χ3n) is 10.8. The number of anilines is 3. The van der Waals surface area contributed by atoms with Crippen LogP contribution in [0.25, 0.3) is 72.0 Å². The summed E-state index contributed by atoms with van der Waals surface area (Å²) in [7, 11) is 0. The number of aromatic nitrogens is 1. The molecule has 0 unspecified atom stereocenters. The molecule has 10 aromatic rings. The van der Waals surface area contributed by atoms with Gasteiger partial charge in [-0.1, -0.05) is 182 Å². The molecule has 0 atom stereocenters. The van der Waals surface area contributed by atoms with Gasteiger partial charge in [0.1, 0.15) is 0 Å². The lowest BCUT2D eigenvalue weighted by Gasteiger charge is -2.30. The van der Waals surface area contributed by atoms with E-state index in [4.69, 9.17) is 0 Å². The minimum Gasteiger partial charge on any atom is -0.309 e. The molecular weight excluding hydrogens is 677 g/mol. The molecule has 0 aliphatic heterocycles. The first kappa shape index (κ1) is 33.2. The highest BCUT2D eigenvalue weighted by molar-refractivity contribution is 6.09. The Morgan fingerprint density at radius 1 is 0.268 bits per heavy atom. The fourth-order valence-electron chi connectivity index (χ4n) is 8.13. The van der Waals surface area contributed by atoms with Gasteiger partial charge in [0.2, 0.25) is 0 Å². The van der Waals surface area contributed by atoms with E-state index < -0.39 is 0 Å². The van der Waals surface area contributed by atoms with Crippen LogP contribution in [0.3, 0.4) is 0 Å². The molecule has 56 heavy (non-hydrogen) atoms. The highest BCUT2D eigenvalue weighted by Crippen LogP contribution is 2.45. The van der Waals surface area contributed by atoms with Crippen LogP contribution >= 0.6 is 0 Å². The largest absolute Gasteiger partial charge is 0.309 e. The summed E-state index contributed by atoms with van der Waals surface area (Å²) in [5.74, 6) is 0. The summed E-state index contributed by atoms with van der Waals surface area (Å²) in [6.07, 6.45) is 0. The molecule has 2 heteroatoms. The Balaban J connectivity index is 1.10. The van der Waals surface area contributed by atoms with Gasteiger partial charge in [0, 0.05) is 33.3 Å². The standard InChI is InChI=1S/C54H38N2/c1-3-15-39(16-4-1)41-27-29-43(30-28-41)47-19-7-11-23-51(47)55(45-35-31-42(32-36-45)40-17-5-2-6-18-40)52-24-12-8-20-48(52)44-33-37-46(38-34-44)56-53-25-13-9-21-49(53)50-22-10-14-26-54(50)56/h1-38H.